The highest BCUT2D eigenvalue weighted by Crippen LogP contribution is 2.29. The van der Waals surface area contributed by atoms with E-state index in [1.807, 2.05) is 61.6 Å². The fourth-order valence-corrected chi connectivity index (χ4v) is 2.89. The van der Waals surface area contributed by atoms with Crippen molar-refractivity contribution < 1.29 is 4.42 Å². The molecule has 0 atom stereocenters. The molecule has 2 aromatic carbocycles. The molecule has 0 aliphatic heterocycles. The van der Waals surface area contributed by atoms with Crippen LogP contribution in [0.25, 0.3) is 33.5 Å². The molecule has 0 radical (unpaired) electrons. The van der Waals surface area contributed by atoms with Crippen LogP contribution in [0.2, 0.25) is 0 Å². The summed E-state index contributed by atoms with van der Waals surface area (Å²) in [4.78, 5) is 9.42. The summed E-state index contributed by atoms with van der Waals surface area (Å²) in [6.07, 6.45) is 1.02. The lowest BCUT2D eigenvalue weighted by Gasteiger charge is -2.10. The molecule has 0 unspecified atom stereocenters. The van der Waals surface area contributed by atoms with Crippen LogP contribution in [0.15, 0.2) is 59.0 Å². The summed E-state index contributed by atoms with van der Waals surface area (Å²) >= 11 is 0. The monoisotopic (exact) mass is 404 g/mol. The molecule has 0 spiro atoms. The molecule has 27 heavy (non-hydrogen) atoms. The van der Waals surface area contributed by atoms with Gasteiger partial charge in [-0.3, -0.25) is 0 Å². The predicted octanol–water partition coefficient (Wildman–Crippen LogP) is 4.91. The number of aromatic nitrogens is 2. The van der Waals surface area contributed by atoms with Gasteiger partial charge in [-0.2, -0.15) is 0 Å². The van der Waals surface area contributed by atoms with Crippen LogP contribution in [0.4, 0.5) is 5.82 Å². The van der Waals surface area contributed by atoms with Crippen molar-refractivity contribution in [3.63, 3.8) is 0 Å². The Kier molecular flexibility index (Phi) is 7.42. The smallest absolute Gasteiger partial charge is 0.198 e. The van der Waals surface area contributed by atoms with Gasteiger partial charge >= 0.3 is 0 Å². The molecule has 142 valence electrons. The molecule has 0 aliphatic carbocycles. The van der Waals surface area contributed by atoms with Gasteiger partial charge in [-0.05, 0) is 44.3 Å². The molecule has 0 aliphatic rings. The molecule has 4 aromatic rings. The second-order valence-electron chi connectivity index (χ2n) is 5.95. The highest BCUT2D eigenvalue weighted by Gasteiger charge is 2.13. The van der Waals surface area contributed by atoms with Crippen molar-refractivity contribution in [3.05, 3.63) is 54.6 Å². The molecule has 0 bridgehead atoms. The zero-order valence-corrected chi connectivity index (χ0v) is 16.6. The molecule has 2 N–H and O–H groups in total. The number of nitrogens with one attached hydrogen (secondary N) is 2. The van der Waals surface area contributed by atoms with Crippen molar-refractivity contribution in [1.82, 2.24) is 15.3 Å². The third-order valence-electron chi connectivity index (χ3n) is 4.15. The summed E-state index contributed by atoms with van der Waals surface area (Å²) in [5.41, 5.74) is 1.75. The summed E-state index contributed by atoms with van der Waals surface area (Å²) in [5, 5.41) is 8.66. The van der Waals surface area contributed by atoms with Crippen molar-refractivity contribution in [2.45, 2.75) is 6.42 Å². The Balaban J connectivity index is 0.00000131. The van der Waals surface area contributed by atoms with Crippen molar-refractivity contribution in [2.75, 3.05) is 25.5 Å². The first-order chi connectivity index (χ1) is 12.3. The van der Waals surface area contributed by atoms with E-state index in [1.165, 1.54) is 0 Å². The van der Waals surface area contributed by atoms with E-state index < -0.39 is 0 Å². The van der Waals surface area contributed by atoms with E-state index in [-0.39, 0.29) is 24.8 Å². The fraction of sp³-hybridized carbons (Fsp3) is 0.200. The van der Waals surface area contributed by atoms with Gasteiger partial charge in [0.05, 0.1) is 5.52 Å². The van der Waals surface area contributed by atoms with E-state index in [9.17, 15) is 0 Å². The minimum atomic E-state index is 0. The predicted molar refractivity (Wildman–Crippen MR) is 116 cm³/mol. The van der Waals surface area contributed by atoms with E-state index >= 15 is 0 Å². The quantitative estimate of drug-likeness (QED) is 0.447. The molecular formula is C20H22Cl2N4O. The van der Waals surface area contributed by atoms with Crippen LogP contribution in [0.5, 0.6) is 0 Å². The standard InChI is InChI=1S/C20H20N4O.2ClH/c1-21-11-6-12-22-19-15-8-3-4-9-16(15)23-20(24-19)18-13-14-7-2-5-10-17(14)25-18;;/h2-5,7-10,13,21H,6,11-12H2,1H3,(H,22,23,24);2*1H. The van der Waals surface area contributed by atoms with Gasteiger partial charge in [0.25, 0.3) is 0 Å². The van der Waals surface area contributed by atoms with Gasteiger partial charge < -0.3 is 15.1 Å². The molecule has 0 saturated heterocycles. The maximum Gasteiger partial charge on any atom is 0.198 e. The maximum absolute atomic E-state index is 5.94. The van der Waals surface area contributed by atoms with E-state index in [2.05, 4.69) is 15.6 Å². The molecule has 4 rings (SSSR count). The minimum absolute atomic E-state index is 0. The van der Waals surface area contributed by atoms with Crippen molar-refractivity contribution in [3.8, 4) is 11.6 Å². The summed E-state index contributed by atoms with van der Waals surface area (Å²) < 4.78 is 5.94. The Hall–Kier alpha value is -2.34. The van der Waals surface area contributed by atoms with E-state index in [1.54, 1.807) is 0 Å². The summed E-state index contributed by atoms with van der Waals surface area (Å²) in [5.74, 6) is 2.13. The highest BCUT2D eigenvalue weighted by atomic mass is 35.5. The average Bonchev–Trinajstić information content (AvgIpc) is 3.09. The topological polar surface area (TPSA) is 63.0 Å². The maximum atomic E-state index is 5.94. The zero-order chi connectivity index (χ0) is 17.1. The number of para-hydroxylation sites is 2. The Morgan fingerprint density at radius 3 is 2.52 bits per heavy atom. The number of rotatable bonds is 6. The van der Waals surface area contributed by atoms with Gasteiger partial charge in [-0.25, -0.2) is 9.97 Å². The fourth-order valence-electron chi connectivity index (χ4n) is 2.89. The van der Waals surface area contributed by atoms with Crippen molar-refractivity contribution in [1.29, 1.82) is 0 Å². The lowest BCUT2D eigenvalue weighted by molar-refractivity contribution is 0.626. The number of nitrogens with zero attached hydrogens (tertiary/aromatic N) is 2. The first-order valence-electron chi connectivity index (χ1n) is 8.49. The largest absolute Gasteiger partial charge is 0.453 e. The third kappa shape index (κ3) is 4.50. The first kappa shape index (κ1) is 21.0. The van der Waals surface area contributed by atoms with E-state index in [0.717, 1.165) is 47.2 Å². The second-order valence-corrected chi connectivity index (χ2v) is 5.95. The minimum Gasteiger partial charge on any atom is -0.453 e. The van der Waals surface area contributed by atoms with Crippen molar-refractivity contribution >= 4 is 52.5 Å². The van der Waals surface area contributed by atoms with Crippen LogP contribution in [0.3, 0.4) is 0 Å². The van der Waals surface area contributed by atoms with Crippen LogP contribution >= 0.6 is 24.8 Å². The summed E-state index contributed by atoms with van der Waals surface area (Å²) in [6, 6.07) is 18.0. The number of halogens is 2. The summed E-state index contributed by atoms with van der Waals surface area (Å²) in [7, 11) is 1.96. The molecular weight excluding hydrogens is 383 g/mol. The summed E-state index contributed by atoms with van der Waals surface area (Å²) in [6.45, 7) is 1.81. The number of furan rings is 1. The Labute approximate surface area is 170 Å². The van der Waals surface area contributed by atoms with E-state index in [4.69, 9.17) is 9.40 Å². The normalized spacial score (nSPS) is 10.4. The Morgan fingerprint density at radius 1 is 0.926 bits per heavy atom. The third-order valence-corrected chi connectivity index (χ3v) is 4.15. The number of fused-ring (bicyclic) bond motifs is 2. The van der Waals surface area contributed by atoms with Gasteiger partial charge in [0.1, 0.15) is 11.4 Å². The van der Waals surface area contributed by atoms with Gasteiger partial charge in [-0.1, -0.05) is 30.3 Å². The van der Waals surface area contributed by atoms with Crippen LogP contribution in [-0.2, 0) is 0 Å². The Morgan fingerprint density at radius 2 is 1.70 bits per heavy atom. The molecule has 7 heteroatoms. The average molecular weight is 405 g/mol. The molecule has 0 saturated carbocycles. The van der Waals surface area contributed by atoms with E-state index in [0.29, 0.717) is 11.6 Å². The SMILES string of the molecule is CNCCCNc1nc(-c2cc3ccccc3o2)nc2ccccc12.Cl.Cl. The molecule has 0 fully saturated rings. The lowest BCUT2D eigenvalue weighted by atomic mass is 10.2. The lowest BCUT2D eigenvalue weighted by Crippen LogP contribution is -2.13. The number of anilines is 1. The molecule has 2 aromatic heterocycles. The number of hydrogen-bond acceptors (Lipinski definition) is 5. The molecule has 5 nitrogen and oxygen atoms in total. The van der Waals surface area contributed by atoms with Crippen molar-refractivity contribution in [2.24, 2.45) is 0 Å². The van der Waals surface area contributed by atoms with Crippen LogP contribution in [0, 0.1) is 0 Å². The van der Waals surface area contributed by atoms with Gasteiger partial charge in [0.15, 0.2) is 11.6 Å². The Bertz CT molecular complexity index is 986. The molecule has 0 amide bonds. The van der Waals surface area contributed by atoms with Gasteiger partial charge in [0, 0.05) is 17.3 Å². The number of hydrogen-bond donors (Lipinski definition) is 2. The second kappa shape index (κ2) is 9.55. The van der Waals surface area contributed by atoms with Gasteiger partial charge in [0.2, 0.25) is 0 Å². The van der Waals surface area contributed by atoms with Crippen LogP contribution < -0.4 is 10.6 Å². The number of benzene rings is 2. The first-order valence-corrected chi connectivity index (χ1v) is 8.49. The van der Waals surface area contributed by atoms with Crippen LogP contribution in [-0.4, -0.2) is 30.1 Å². The zero-order valence-electron chi connectivity index (χ0n) is 14.9. The highest BCUT2D eigenvalue weighted by molar-refractivity contribution is 5.91. The van der Waals surface area contributed by atoms with Crippen LogP contribution in [0.1, 0.15) is 6.42 Å². The molecule has 2 heterocycles. The van der Waals surface area contributed by atoms with Gasteiger partial charge in [-0.15, -0.1) is 24.8 Å².